The predicted molar refractivity (Wildman–Crippen MR) is 104 cm³/mol. The Morgan fingerprint density at radius 3 is 2.66 bits per heavy atom. The summed E-state index contributed by atoms with van der Waals surface area (Å²) in [6, 6.07) is 5.46. The number of hydrogen-bond donors (Lipinski definition) is 1. The highest BCUT2D eigenvalue weighted by atomic mass is 16.6. The van der Waals surface area contributed by atoms with Gasteiger partial charge in [0.25, 0.3) is 5.91 Å². The number of rotatable bonds is 5. The maximum Gasteiger partial charge on any atom is 0.311 e. The Morgan fingerprint density at radius 1 is 1.10 bits per heavy atom. The second kappa shape index (κ2) is 8.71. The minimum Gasteiger partial charge on any atom is -0.486 e. The van der Waals surface area contributed by atoms with Crippen LogP contribution in [0.3, 0.4) is 0 Å². The van der Waals surface area contributed by atoms with Crippen molar-refractivity contribution in [3.8, 4) is 11.5 Å². The Bertz CT molecular complexity index is 789. The quantitative estimate of drug-likeness (QED) is 0.755. The summed E-state index contributed by atoms with van der Waals surface area (Å²) in [4.78, 5) is 38.4. The SMILES string of the molecule is O=C(COC(=O)[C@H]1CC(=O)N(c2ccc3c(c2)OCCO3)C1)NC1CCCCC1. The lowest BCUT2D eigenvalue weighted by molar-refractivity contribution is -0.152. The Balaban J connectivity index is 1.29. The molecule has 0 unspecified atom stereocenters. The fraction of sp³-hybridized carbons (Fsp3) is 0.571. The number of anilines is 1. The summed E-state index contributed by atoms with van der Waals surface area (Å²) in [5.41, 5.74) is 0.657. The molecule has 2 amide bonds. The van der Waals surface area contributed by atoms with Gasteiger partial charge >= 0.3 is 5.97 Å². The molecule has 8 heteroatoms. The summed E-state index contributed by atoms with van der Waals surface area (Å²) >= 11 is 0. The van der Waals surface area contributed by atoms with Crippen LogP contribution in [0, 0.1) is 5.92 Å². The third-order valence-corrected chi connectivity index (χ3v) is 5.61. The fourth-order valence-electron chi connectivity index (χ4n) is 4.09. The van der Waals surface area contributed by atoms with Crippen molar-refractivity contribution >= 4 is 23.5 Å². The van der Waals surface area contributed by atoms with Gasteiger partial charge in [-0.1, -0.05) is 19.3 Å². The maximum atomic E-state index is 12.4. The van der Waals surface area contributed by atoms with Crippen molar-refractivity contribution < 1.29 is 28.6 Å². The number of nitrogens with one attached hydrogen (secondary N) is 1. The number of benzene rings is 1. The maximum absolute atomic E-state index is 12.4. The highest BCUT2D eigenvalue weighted by Gasteiger charge is 2.37. The van der Waals surface area contributed by atoms with Crippen LogP contribution in [-0.2, 0) is 19.1 Å². The molecule has 1 saturated carbocycles. The van der Waals surface area contributed by atoms with Gasteiger partial charge in [-0.3, -0.25) is 14.4 Å². The summed E-state index contributed by atoms with van der Waals surface area (Å²) in [5, 5.41) is 2.92. The third kappa shape index (κ3) is 4.63. The van der Waals surface area contributed by atoms with E-state index in [1.807, 2.05) is 0 Å². The minimum absolute atomic E-state index is 0.0670. The van der Waals surface area contributed by atoms with Crippen molar-refractivity contribution in [3.05, 3.63) is 18.2 Å². The van der Waals surface area contributed by atoms with Crippen LogP contribution < -0.4 is 19.7 Å². The molecule has 1 N–H and O–H groups in total. The number of hydrogen-bond acceptors (Lipinski definition) is 6. The zero-order valence-electron chi connectivity index (χ0n) is 16.4. The Hall–Kier alpha value is -2.77. The van der Waals surface area contributed by atoms with Crippen LogP contribution in [0.1, 0.15) is 38.5 Å². The van der Waals surface area contributed by atoms with Crippen LogP contribution in [0.25, 0.3) is 0 Å². The highest BCUT2D eigenvalue weighted by molar-refractivity contribution is 5.99. The molecule has 1 atom stereocenters. The van der Waals surface area contributed by atoms with Crippen LogP contribution in [0.15, 0.2) is 18.2 Å². The number of carbonyl (C=O) groups is 3. The lowest BCUT2D eigenvalue weighted by Gasteiger charge is -2.23. The van der Waals surface area contributed by atoms with E-state index in [0.717, 1.165) is 25.7 Å². The summed E-state index contributed by atoms with van der Waals surface area (Å²) < 4.78 is 16.2. The smallest absolute Gasteiger partial charge is 0.311 e. The van der Waals surface area contributed by atoms with Crippen LogP contribution in [0.2, 0.25) is 0 Å². The number of amides is 2. The zero-order chi connectivity index (χ0) is 20.2. The lowest BCUT2D eigenvalue weighted by atomic mass is 9.95. The second-order valence-electron chi connectivity index (χ2n) is 7.74. The van der Waals surface area contributed by atoms with E-state index in [0.29, 0.717) is 30.4 Å². The Labute approximate surface area is 169 Å². The topological polar surface area (TPSA) is 94.2 Å². The van der Waals surface area contributed by atoms with Crippen molar-refractivity contribution in [1.29, 1.82) is 0 Å². The van der Waals surface area contributed by atoms with E-state index in [4.69, 9.17) is 14.2 Å². The van der Waals surface area contributed by atoms with Gasteiger partial charge in [0.15, 0.2) is 18.1 Å². The molecule has 1 saturated heterocycles. The summed E-state index contributed by atoms with van der Waals surface area (Å²) in [6.45, 7) is 0.880. The first-order chi connectivity index (χ1) is 14.1. The molecule has 0 radical (unpaired) electrons. The van der Waals surface area contributed by atoms with E-state index in [9.17, 15) is 14.4 Å². The Kier molecular flexibility index (Phi) is 5.87. The van der Waals surface area contributed by atoms with Gasteiger partial charge in [-0.2, -0.15) is 0 Å². The van der Waals surface area contributed by atoms with E-state index in [1.54, 1.807) is 23.1 Å². The summed E-state index contributed by atoms with van der Waals surface area (Å²) in [7, 11) is 0. The van der Waals surface area contributed by atoms with Gasteiger partial charge in [-0.05, 0) is 25.0 Å². The molecule has 1 aromatic carbocycles. The van der Waals surface area contributed by atoms with Gasteiger partial charge in [-0.15, -0.1) is 0 Å². The van der Waals surface area contributed by atoms with Gasteiger partial charge < -0.3 is 24.4 Å². The standard InChI is InChI=1S/C21H26N2O6/c24-19(22-15-4-2-1-3-5-15)13-29-21(26)14-10-20(25)23(12-14)16-6-7-17-18(11-16)28-9-8-27-17/h6-7,11,14-15H,1-5,8-10,12-13H2,(H,22,24)/t14-/m0/s1. The molecular weight excluding hydrogens is 376 g/mol. The molecule has 1 aliphatic carbocycles. The number of ether oxygens (including phenoxy) is 3. The molecule has 0 bridgehead atoms. The van der Waals surface area contributed by atoms with E-state index in [-0.39, 0.29) is 37.4 Å². The van der Waals surface area contributed by atoms with Crippen LogP contribution >= 0.6 is 0 Å². The van der Waals surface area contributed by atoms with E-state index in [2.05, 4.69) is 5.32 Å². The summed E-state index contributed by atoms with van der Waals surface area (Å²) in [5.74, 6) is -0.303. The van der Waals surface area contributed by atoms with Crippen molar-refractivity contribution in [1.82, 2.24) is 5.32 Å². The first-order valence-electron chi connectivity index (χ1n) is 10.3. The third-order valence-electron chi connectivity index (χ3n) is 5.61. The number of esters is 1. The normalized spacial score (nSPS) is 21.7. The second-order valence-corrected chi connectivity index (χ2v) is 7.74. The molecule has 156 valence electrons. The largest absolute Gasteiger partial charge is 0.486 e. The fourth-order valence-corrected chi connectivity index (χ4v) is 4.09. The molecule has 2 aliphatic heterocycles. The summed E-state index contributed by atoms with van der Waals surface area (Å²) in [6.07, 6.45) is 5.45. The molecule has 1 aromatic rings. The van der Waals surface area contributed by atoms with Gasteiger partial charge in [0.1, 0.15) is 13.2 Å². The van der Waals surface area contributed by atoms with Gasteiger partial charge in [0.2, 0.25) is 5.91 Å². The van der Waals surface area contributed by atoms with Gasteiger partial charge in [0, 0.05) is 30.8 Å². The van der Waals surface area contributed by atoms with E-state index >= 15 is 0 Å². The molecule has 2 heterocycles. The average molecular weight is 402 g/mol. The minimum atomic E-state index is -0.585. The highest BCUT2D eigenvalue weighted by Crippen LogP contribution is 2.36. The monoisotopic (exact) mass is 402 g/mol. The van der Waals surface area contributed by atoms with E-state index < -0.39 is 11.9 Å². The van der Waals surface area contributed by atoms with Crippen LogP contribution in [-0.4, -0.2) is 50.2 Å². The van der Waals surface area contributed by atoms with Gasteiger partial charge in [0.05, 0.1) is 5.92 Å². The van der Waals surface area contributed by atoms with Crippen LogP contribution in [0.5, 0.6) is 11.5 Å². The average Bonchev–Trinajstić information content (AvgIpc) is 3.14. The molecule has 4 rings (SSSR count). The van der Waals surface area contributed by atoms with Crippen LogP contribution in [0.4, 0.5) is 5.69 Å². The molecule has 2 fully saturated rings. The molecule has 0 aromatic heterocycles. The predicted octanol–water partition coefficient (Wildman–Crippen LogP) is 1.80. The van der Waals surface area contributed by atoms with Gasteiger partial charge in [-0.25, -0.2) is 0 Å². The first kappa shape index (κ1) is 19.5. The van der Waals surface area contributed by atoms with Crippen molar-refractivity contribution in [3.63, 3.8) is 0 Å². The zero-order valence-corrected chi connectivity index (χ0v) is 16.4. The molecule has 8 nitrogen and oxygen atoms in total. The lowest BCUT2D eigenvalue weighted by Crippen LogP contribution is -2.39. The molecular formula is C21H26N2O6. The first-order valence-corrected chi connectivity index (χ1v) is 10.3. The number of nitrogens with zero attached hydrogens (tertiary/aromatic N) is 1. The Morgan fingerprint density at radius 2 is 1.86 bits per heavy atom. The molecule has 3 aliphatic rings. The van der Waals surface area contributed by atoms with Crippen molar-refractivity contribution in [2.75, 3.05) is 31.3 Å². The van der Waals surface area contributed by atoms with E-state index in [1.165, 1.54) is 6.42 Å². The molecule has 0 spiro atoms. The number of carbonyl (C=O) groups excluding carboxylic acids is 3. The van der Waals surface area contributed by atoms with Crippen molar-refractivity contribution in [2.24, 2.45) is 5.92 Å². The molecule has 29 heavy (non-hydrogen) atoms. The van der Waals surface area contributed by atoms with Crippen molar-refractivity contribution in [2.45, 2.75) is 44.6 Å². The number of fused-ring (bicyclic) bond motifs is 1.